The third-order valence-electron chi connectivity index (χ3n) is 2.83. The van der Waals surface area contributed by atoms with Gasteiger partial charge in [0.15, 0.2) is 0 Å². The number of aryl methyl sites for hydroxylation is 1. The number of hydrogen-bond acceptors (Lipinski definition) is 3. The van der Waals surface area contributed by atoms with E-state index in [0.717, 1.165) is 32.1 Å². The topological polar surface area (TPSA) is 33.1 Å². The maximum Gasteiger partial charge on any atom is 0.205 e. The van der Waals surface area contributed by atoms with E-state index in [9.17, 15) is 0 Å². The Morgan fingerprint density at radius 2 is 2.36 bits per heavy atom. The van der Waals surface area contributed by atoms with Crippen molar-refractivity contribution in [2.45, 2.75) is 26.4 Å². The van der Waals surface area contributed by atoms with Gasteiger partial charge in [-0.05, 0) is 13.8 Å². The molecular weight excluding hydrogens is 176 g/mol. The molecule has 4 nitrogen and oxygen atoms in total. The highest BCUT2D eigenvalue weighted by atomic mass is 15.3. The summed E-state index contributed by atoms with van der Waals surface area (Å²) in [6.45, 7) is 8.54. The highest BCUT2D eigenvalue weighted by Crippen LogP contribution is 2.16. The normalized spacial score (nSPS) is 16.7. The van der Waals surface area contributed by atoms with Crippen LogP contribution in [-0.2, 0) is 6.54 Å². The molecule has 0 aromatic carbocycles. The summed E-state index contributed by atoms with van der Waals surface area (Å²) in [5.41, 5.74) is 0. The molecule has 1 aromatic rings. The molecule has 2 rings (SSSR count). The van der Waals surface area contributed by atoms with E-state index in [1.54, 1.807) is 0 Å². The number of aromatic nitrogens is 2. The number of nitrogens with zero attached hydrogens (tertiary/aromatic N) is 3. The maximum atomic E-state index is 4.42. The van der Waals surface area contributed by atoms with Gasteiger partial charge in [0.25, 0.3) is 0 Å². The van der Waals surface area contributed by atoms with Crippen LogP contribution >= 0.6 is 0 Å². The standard InChI is InChI=1S/C10H18N4/c1-3-13-6-5-12-10(13)14(4-2)9-7-11-8-9/h5-6,9,11H,3-4,7-8H2,1-2H3. The van der Waals surface area contributed by atoms with Gasteiger partial charge in [0.1, 0.15) is 0 Å². The minimum Gasteiger partial charge on any atom is -0.337 e. The molecule has 0 aliphatic carbocycles. The zero-order valence-corrected chi connectivity index (χ0v) is 8.90. The molecule has 2 heterocycles. The molecule has 4 heteroatoms. The lowest BCUT2D eigenvalue weighted by atomic mass is 10.1. The van der Waals surface area contributed by atoms with Crippen LogP contribution in [0.2, 0.25) is 0 Å². The third kappa shape index (κ3) is 1.50. The van der Waals surface area contributed by atoms with Crippen LogP contribution in [0.1, 0.15) is 13.8 Å². The Hall–Kier alpha value is -1.03. The SMILES string of the molecule is CCN(c1nccn1CC)C1CNC1. The summed E-state index contributed by atoms with van der Waals surface area (Å²) in [5, 5.41) is 3.30. The Morgan fingerprint density at radius 3 is 2.86 bits per heavy atom. The summed E-state index contributed by atoms with van der Waals surface area (Å²) in [6.07, 6.45) is 3.93. The quantitative estimate of drug-likeness (QED) is 0.766. The maximum absolute atomic E-state index is 4.42. The van der Waals surface area contributed by atoms with E-state index in [2.05, 4.69) is 33.6 Å². The third-order valence-corrected chi connectivity index (χ3v) is 2.83. The summed E-state index contributed by atoms with van der Waals surface area (Å²) in [7, 11) is 0. The lowest BCUT2D eigenvalue weighted by Gasteiger charge is -2.38. The van der Waals surface area contributed by atoms with Gasteiger partial charge in [-0.25, -0.2) is 4.98 Å². The van der Waals surface area contributed by atoms with Crippen LogP contribution in [0, 0.1) is 0 Å². The van der Waals surface area contributed by atoms with Crippen LogP contribution in [0.5, 0.6) is 0 Å². The second-order valence-electron chi connectivity index (χ2n) is 3.61. The van der Waals surface area contributed by atoms with Gasteiger partial charge in [-0.1, -0.05) is 0 Å². The molecule has 1 aromatic heterocycles. The lowest BCUT2D eigenvalue weighted by molar-refractivity contribution is 0.409. The molecule has 0 unspecified atom stereocenters. The molecule has 1 saturated heterocycles. The molecule has 0 atom stereocenters. The summed E-state index contributed by atoms with van der Waals surface area (Å²) in [5.74, 6) is 1.11. The Bertz CT molecular complexity index is 290. The fourth-order valence-electron chi connectivity index (χ4n) is 1.86. The first kappa shape index (κ1) is 9.52. The molecule has 0 spiro atoms. The average molecular weight is 194 g/mol. The molecule has 1 aliphatic heterocycles. The van der Waals surface area contributed by atoms with Gasteiger partial charge in [0, 0.05) is 38.6 Å². The lowest BCUT2D eigenvalue weighted by Crippen LogP contribution is -2.58. The fraction of sp³-hybridized carbons (Fsp3) is 0.700. The summed E-state index contributed by atoms with van der Waals surface area (Å²) < 4.78 is 2.20. The molecule has 1 N–H and O–H groups in total. The highest BCUT2D eigenvalue weighted by molar-refractivity contribution is 5.34. The molecule has 0 bridgehead atoms. The van der Waals surface area contributed by atoms with Crippen molar-refractivity contribution < 1.29 is 0 Å². The Kier molecular flexibility index (Phi) is 2.72. The van der Waals surface area contributed by atoms with E-state index >= 15 is 0 Å². The van der Waals surface area contributed by atoms with Crippen LogP contribution < -0.4 is 10.2 Å². The van der Waals surface area contributed by atoms with Gasteiger partial charge in [-0.15, -0.1) is 0 Å². The van der Waals surface area contributed by atoms with Crippen molar-refractivity contribution in [2.75, 3.05) is 24.5 Å². The average Bonchev–Trinajstić information content (AvgIpc) is 2.58. The van der Waals surface area contributed by atoms with Crippen molar-refractivity contribution >= 4 is 5.95 Å². The molecule has 0 radical (unpaired) electrons. The van der Waals surface area contributed by atoms with E-state index in [1.807, 2.05) is 12.4 Å². The van der Waals surface area contributed by atoms with Crippen molar-refractivity contribution in [3.8, 4) is 0 Å². The van der Waals surface area contributed by atoms with Crippen LogP contribution in [-0.4, -0.2) is 35.2 Å². The Balaban J connectivity index is 2.17. The monoisotopic (exact) mass is 194 g/mol. The van der Waals surface area contributed by atoms with Crippen LogP contribution in [0.4, 0.5) is 5.95 Å². The zero-order chi connectivity index (χ0) is 9.97. The minimum absolute atomic E-state index is 0.632. The number of hydrogen-bond donors (Lipinski definition) is 1. The predicted octanol–water partition coefficient (Wildman–Crippen LogP) is 0.701. The first-order valence-corrected chi connectivity index (χ1v) is 5.35. The van der Waals surface area contributed by atoms with Gasteiger partial charge < -0.3 is 14.8 Å². The second kappa shape index (κ2) is 4.00. The summed E-state index contributed by atoms with van der Waals surface area (Å²) >= 11 is 0. The fourth-order valence-corrected chi connectivity index (χ4v) is 1.86. The van der Waals surface area contributed by atoms with Crippen LogP contribution in [0.3, 0.4) is 0 Å². The molecule has 14 heavy (non-hydrogen) atoms. The smallest absolute Gasteiger partial charge is 0.205 e. The molecule has 0 saturated carbocycles. The second-order valence-corrected chi connectivity index (χ2v) is 3.61. The number of nitrogens with one attached hydrogen (secondary N) is 1. The largest absolute Gasteiger partial charge is 0.337 e. The minimum atomic E-state index is 0.632. The van der Waals surface area contributed by atoms with E-state index in [0.29, 0.717) is 6.04 Å². The van der Waals surface area contributed by atoms with Gasteiger partial charge in [-0.3, -0.25) is 0 Å². The molecule has 0 amide bonds. The Morgan fingerprint density at radius 1 is 1.57 bits per heavy atom. The number of rotatable bonds is 4. The molecule has 1 fully saturated rings. The zero-order valence-electron chi connectivity index (χ0n) is 8.90. The van der Waals surface area contributed by atoms with Gasteiger partial charge in [-0.2, -0.15) is 0 Å². The van der Waals surface area contributed by atoms with Crippen molar-refractivity contribution in [3.05, 3.63) is 12.4 Å². The van der Waals surface area contributed by atoms with Crippen molar-refractivity contribution in [3.63, 3.8) is 0 Å². The van der Waals surface area contributed by atoms with Crippen LogP contribution in [0.15, 0.2) is 12.4 Å². The van der Waals surface area contributed by atoms with Gasteiger partial charge in [0.05, 0.1) is 6.04 Å². The number of likely N-dealkylation sites (N-methyl/N-ethyl adjacent to an activating group) is 1. The van der Waals surface area contributed by atoms with Gasteiger partial charge in [0.2, 0.25) is 5.95 Å². The van der Waals surface area contributed by atoms with Crippen molar-refractivity contribution in [1.29, 1.82) is 0 Å². The predicted molar refractivity (Wildman–Crippen MR) is 57.6 cm³/mol. The summed E-state index contributed by atoms with van der Waals surface area (Å²) in [4.78, 5) is 6.80. The highest BCUT2D eigenvalue weighted by Gasteiger charge is 2.25. The Labute approximate surface area is 84.9 Å². The van der Waals surface area contributed by atoms with Crippen molar-refractivity contribution in [2.24, 2.45) is 0 Å². The molecule has 1 aliphatic rings. The number of imidazole rings is 1. The van der Waals surface area contributed by atoms with Crippen molar-refractivity contribution in [1.82, 2.24) is 14.9 Å². The first-order chi connectivity index (χ1) is 6.86. The van der Waals surface area contributed by atoms with E-state index < -0.39 is 0 Å². The molecule has 78 valence electrons. The summed E-state index contributed by atoms with van der Waals surface area (Å²) in [6, 6.07) is 0.632. The number of anilines is 1. The molecular formula is C10H18N4. The van der Waals surface area contributed by atoms with Gasteiger partial charge >= 0.3 is 0 Å². The van der Waals surface area contributed by atoms with E-state index in [-0.39, 0.29) is 0 Å². The first-order valence-electron chi connectivity index (χ1n) is 5.35. The van der Waals surface area contributed by atoms with E-state index in [1.165, 1.54) is 0 Å². The van der Waals surface area contributed by atoms with Crippen LogP contribution in [0.25, 0.3) is 0 Å². The van der Waals surface area contributed by atoms with E-state index in [4.69, 9.17) is 0 Å².